The highest BCUT2D eigenvalue weighted by Crippen LogP contribution is 2.14. The SMILES string of the molecule is CC(=O)NCCC=Cc1cc(N)ccc1C. The van der Waals surface area contributed by atoms with Crippen LogP contribution >= 0.6 is 0 Å². The summed E-state index contributed by atoms with van der Waals surface area (Å²) < 4.78 is 0. The van der Waals surface area contributed by atoms with Crippen LogP contribution in [0.15, 0.2) is 24.3 Å². The van der Waals surface area contributed by atoms with Crippen LogP contribution in [-0.2, 0) is 4.79 Å². The zero-order chi connectivity index (χ0) is 12.0. The molecule has 0 saturated heterocycles. The molecule has 0 aliphatic rings. The predicted molar refractivity (Wildman–Crippen MR) is 67.9 cm³/mol. The maximum Gasteiger partial charge on any atom is 0.216 e. The van der Waals surface area contributed by atoms with Crippen LogP contribution in [0.4, 0.5) is 5.69 Å². The first-order chi connectivity index (χ1) is 7.59. The molecule has 0 aliphatic carbocycles. The van der Waals surface area contributed by atoms with Gasteiger partial charge < -0.3 is 11.1 Å². The van der Waals surface area contributed by atoms with Crippen molar-refractivity contribution in [3.05, 3.63) is 35.4 Å². The van der Waals surface area contributed by atoms with E-state index in [0.717, 1.165) is 17.7 Å². The van der Waals surface area contributed by atoms with Gasteiger partial charge >= 0.3 is 0 Å². The van der Waals surface area contributed by atoms with Crippen molar-refractivity contribution in [2.75, 3.05) is 12.3 Å². The van der Waals surface area contributed by atoms with Crippen LogP contribution in [0.5, 0.6) is 0 Å². The van der Waals surface area contributed by atoms with Crippen LogP contribution in [0.25, 0.3) is 6.08 Å². The Hall–Kier alpha value is -1.77. The van der Waals surface area contributed by atoms with E-state index in [9.17, 15) is 4.79 Å². The van der Waals surface area contributed by atoms with E-state index in [1.807, 2.05) is 37.3 Å². The monoisotopic (exact) mass is 218 g/mol. The lowest BCUT2D eigenvalue weighted by Crippen LogP contribution is -2.20. The molecule has 86 valence electrons. The molecule has 0 spiro atoms. The van der Waals surface area contributed by atoms with Gasteiger partial charge in [0, 0.05) is 19.2 Å². The number of nitrogens with two attached hydrogens (primary N) is 1. The summed E-state index contributed by atoms with van der Waals surface area (Å²) >= 11 is 0. The van der Waals surface area contributed by atoms with Crippen LogP contribution in [0.3, 0.4) is 0 Å². The molecule has 1 amide bonds. The van der Waals surface area contributed by atoms with Crippen molar-refractivity contribution in [3.63, 3.8) is 0 Å². The van der Waals surface area contributed by atoms with Crippen molar-refractivity contribution in [1.29, 1.82) is 0 Å². The highest BCUT2D eigenvalue weighted by Gasteiger charge is 1.94. The summed E-state index contributed by atoms with van der Waals surface area (Å²) in [6, 6.07) is 5.84. The molecule has 0 bridgehead atoms. The molecule has 0 heterocycles. The number of carbonyl (C=O) groups is 1. The number of hydrogen-bond donors (Lipinski definition) is 2. The van der Waals surface area contributed by atoms with Crippen LogP contribution in [0, 0.1) is 6.92 Å². The molecule has 0 radical (unpaired) electrons. The van der Waals surface area contributed by atoms with E-state index in [1.165, 1.54) is 12.5 Å². The summed E-state index contributed by atoms with van der Waals surface area (Å²) in [7, 11) is 0. The van der Waals surface area contributed by atoms with Gasteiger partial charge in [0.05, 0.1) is 0 Å². The van der Waals surface area contributed by atoms with Crippen molar-refractivity contribution in [3.8, 4) is 0 Å². The lowest BCUT2D eigenvalue weighted by molar-refractivity contribution is -0.118. The van der Waals surface area contributed by atoms with Crippen LogP contribution < -0.4 is 11.1 Å². The Morgan fingerprint density at radius 1 is 1.50 bits per heavy atom. The number of nitrogen functional groups attached to an aromatic ring is 1. The highest BCUT2D eigenvalue weighted by atomic mass is 16.1. The largest absolute Gasteiger partial charge is 0.399 e. The average molecular weight is 218 g/mol. The van der Waals surface area contributed by atoms with Gasteiger partial charge in [0.1, 0.15) is 0 Å². The van der Waals surface area contributed by atoms with E-state index in [-0.39, 0.29) is 5.91 Å². The quantitative estimate of drug-likeness (QED) is 0.600. The molecule has 1 aromatic carbocycles. The predicted octanol–water partition coefficient (Wildman–Crippen LogP) is 2.12. The summed E-state index contributed by atoms with van der Waals surface area (Å²) in [5, 5.41) is 2.74. The van der Waals surface area contributed by atoms with Crippen molar-refractivity contribution in [2.45, 2.75) is 20.3 Å². The Kier molecular flexibility index (Phi) is 4.58. The average Bonchev–Trinajstić information content (AvgIpc) is 2.22. The zero-order valence-corrected chi connectivity index (χ0v) is 9.79. The van der Waals surface area contributed by atoms with E-state index >= 15 is 0 Å². The molecule has 0 atom stereocenters. The van der Waals surface area contributed by atoms with Gasteiger partial charge in [-0.2, -0.15) is 0 Å². The van der Waals surface area contributed by atoms with Gasteiger partial charge in [-0.1, -0.05) is 18.2 Å². The lowest BCUT2D eigenvalue weighted by atomic mass is 10.1. The first-order valence-corrected chi connectivity index (χ1v) is 5.36. The fraction of sp³-hybridized carbons (Fsp3) is 0.308. The lowest BCUT2D eigenvalue weighted by Gasteiger charge is -2.02. The molecule has 1 aromatic rings. The van der Waals surface area contributed by atoms with Crippen LogP contribution in [-0.4, -0.2) is 12.5 Å². The number of nitrogens with one attached hydrogen (secondary N) is 1. The number of benzene rings is 1. The summed E-state index contributed by atoms with van der Waals surface area (Å²) in [6.45, 7) is 4.24. The highest BCUT2D eigenvalue weighted by molar-refractivity contribution is 5.72. The van der Waals surface area contributed by atoms with Crippen molar-refractivity contribution < 1.29 is 4.79 Å². The smallest absolute Gasteiger partial charge is 0.216 e. The third kappa shape index (κ3) is 4.17. The number of rotatable bonds is 4. The number of aryl methyl sites for hydroxylation is 1. The molecule has 3 nitrogen and oxygen atoms in total. The maximum atomic E-state index is 10.6. The Bertz CT molecular complexity index is 397. The summed E-state index contributed by atoms with van der Waals surface area (Å²) in [6.07, 6.45) is 4.90. The summed E-state index contributed by atoms with van der Waals surface area (Å²) in [5.74, 6) is 0.00790. The topological polar surface area (TPSA) is 55.1 Å². The number of carbonyl (C=O) groups excluding carboxylic acids is 1. The van der Waals surface area contributed by atoms with Gasteiger partial charge in [0.2, 0.25) is 5.91 Å². The van der Waals surface area contributed by atoms with E-state index in [2.05, 4.69) is 5.32 Å². The minimum atomic E-state index is 0.00790. The first-order valence-electron chi connectivity index (χ1n) is 5.36. The molecular weight excluding hydrogens is 200 g/mol. The second kappa shape index (κ2) is 5.95. The molecular formula is C13H18N2O. The minimum absolute atomic E-state index is 0.00790. The Morgan fingerprint density at radius 2 is 2.25 bits per heavy atom. The molecule has 0 fully saturated rings. The van der Waals surface area contributed by atoms with Gasteiger partial charge in [-0.05, 0) is 36.6 Å². The minimum Gasteiger partial charge on any atom is -0.399 e. The fourth-order valence-corrected chi connectivity index (χ4v) is 1.38. The van der Waals surface area contributed by atoms with E-state index in [4.69, 9.17) is 5.73 Å². The van der Waals surface area contributed by atoms with Gasteiger partial charge in [0.25, 0.3) is 0 Å². The van der Waals surface area contributed by atoms with Crippen molar-refractivity contribution in [1.82, 2.24) is 5.32 Å². The van der Waals surface area contributed by atoms with Crippen LogP contribution in [0.1, 0.15) is 24.5 Å². The molecule has 0 aromatic heterocycles. The Balaban J connectivity index is 2.49. The van der Waals surface area contributed by atoms with Gasteiger partial charge in [-0.25, -0.2) is 0 Å². The third-order valence-corrected chi connectivity index (χ3v) is 2.29. The van der Waals surface area contributed by atoms with E-state index in [1.54, 1.807) is 0 Å². The summed E-state index contributed by atoms with van der Waals surface area (Å²) in [5.41, 5.74) is 8.80. The Labute approximate surface area is 96.3 Å². The van der Waals surface area contributed by atoms with Gasteiger partial charge in [-0.3, -0.25) is 4.79 Å². The third-order valence-electron chi connectivity index (χ3n) is 2.29. The maximum absolute atomic E-state index is 10.6. The van der Waals surface area contributed by atoms with Crippen molar-refractivity contribution in [2.24, 2.45) is 0 Å². The number of anilines is 1. The molecule has 0 aliphatic heterocycles. The molecule has 3 N–H and O–H groups in total. The van der Waals surface area contributed by atoms with Gasteiger partial charge in [0.15, 0.2) is 0 Å². The zero-order valence-electron chi connectivity index (χ0n) is 9.79. The first kappa shape index (κ1) is 12.3. The molecule has 16 heavy (non-hydrogen) atoms. The van der Waals surface area contributed by atoms with Gasteiger partial charge in [-0.15, -0.1) is 0 Å². The van der Waals surface area contributed by atoms with E-state index in [0.29, 0.717) is 6.54 Å². The standard InChI is InChI=1S/C13H18N2O/c1-10-6-7-13(14)9-12(10)5-3-4-8-15-11(2)16/h3,5-7,9H,4,8,14H2,1-2H3,(H,15,16). The molecule has 3 heteroatoms. The fourth-order valence-electron chi connectivity index (χ4n) is 1.38. The van der Waals surface area contributed by atoms with E-state index < -0.39 is 0 Å². The summed E-state index contributed by atoms with van der Waals surface area (Å²) in [4.78, 5) is 10.6. The second-order valence-electron chi connectivity index (χ2n) is 3.79. The van der Waals surface area contributed by atoms with Crippen LogP contribution in [0.2, 0.25) is 0 Å². The molecule has 0 unspecified atom stereocenters. The number of hydrogen-bond acceptors (Lipinski definition) is 2. The normalized spacial score (nSPS) is 10.6. The molecule has 1 rings (SSSR count). The Morgan fingerprint density at radius 3 is 2.94 bits per heavy atom. The second-order valence-corrected chi connectivity index (χ2v) is 3.79. The molecule has 0 saturated carbocycles. The number of amides is 1. The van der Waals surface area contributed by atoms with Crippen molar-refractivity contribution >= 4 is 17.7 Å².